The van der Waals surface area contributed by atoms with Crippen molar-refractivity contribution >= 4 is 33.2 Å². The van der Waals surface area contributed by atoms with Crippen molar-refractivity contribution < 1.29 is 4.79 Å². The van der Waals surface area contributed by atoms with E-state index >= 15 is 0 Å². The largest absolute Gasteiger partial charge is 0.348 e. The van der Waals surface area contributed by atoms with E-state index in [2.05, 4.69) is 34.2 Å². The number of nitrogens with zero attached hydrogens (tertiary/aromatic N) is 1. The van der Waals surface area contributed by atoms with Crippen LogP contribution < -0.4 is 5.32 Å². The number of thiophene rings is 1. The van der Waals surface area contributed by atoms with E-state index in [4.69, 9.17) is 0 Å². The monoisotopic (exact) mass is 290 g/mol. The van der Waals surface area contributed by atoms with Crippen LogP contribution in [-0.2, 0) is 4.79 Å². The van der Waals surface area contributed by atoms with Gasteiger partial charge < -0.3 is 10.2 Å². The van der Waals surface area contributed by atoms with Crippen molar-refractivity contribution in [3.63, 3.8) is 0 Å². The molecule has 84 valence electrons. The Morgan fingerprint density at radius 3 is 2.80 bits per heavy atom. The van der Waals surface area contributed by atoms with Gasteiger partial charge in [-0.05, 0) is 28.9 Å². The van der Waals surface area contributed by atoms with Gasteiger partial charge in [0.2, 0.25) is 5.91 Å². The first-order valence-corrected chi connectivity index (χ1v) is 6.35. The van der Waals surface area contributed by atoms with E-state index in [-0.39, 0.29) is 11.9 Å². The smallest absolute Gasteiger partial charge is 0.236 e. The van der Waals surface area contributed by atoms with Crippen molar-refractivity contribution in [2.45, 2.75) is 13.0 Å². The lowest BCUT2D eigenvalue weighted by Crippen LogP contribution is -2.34. The minimum Gasteiger partial charge on any atom is -0.348 e. The number of amides is 1. The van der Waals surface area contributed by atoms with Gasteiger partial charge in [0, 0.05) is 34.9 Å². The lowest BCUT2D eigenvalue weighted by Gasteiger charge is -2.14. The van der Waals surface area contributed by atoms with E-state index in [1.807, 2.05) is 5.38 Å². The Hall–Kier alpha value is -0.390. The Morgan fingerprint density at radius 2 is 2.33 bits per heavy atom. The minimum atomic E-state index is 0.0949. The number of halogens is 1. The van der Waals surface area contributed by atoms with Crippen LogP contribution in [0.25, 0.3) is 0 Å². The van der Waals surface area contributed by atoms with Crippen LogP contribution in [0.1, 0.15) is 17.8 Å². The maximum absolute atomic E-state index is 11.3. The Labute approximate surface area is 103 Å². The molecule has 1 aromatic rings. The Balaban J connectivity index is 2.43. The normalized spacial score (nSPS) is 12.5. The Morgan fingerprint density at radius 1 is 1.67 bits per heavy atom. The summed E-state index contributed by atoms with van der Waals surface area (Å²) in [5, 5.41) is 5.23. The summed E-state index contributed by atoms with van der Waals surface area (Å²) in [5.41, 5.74) is 0. The fraction of sp³-hybridized carbons (Fsp3) is 0.500. The highest BCUT2D eigenvalue weighted by Crippen LogP contribution is 2.24. The number of nitrogens with one attached hydrogen (secondary N) is 1. The molecule has 0 saturated heterocycles. The highest BCUT2D eigenvalue weighted by atomic mass is 79.9. The molecule has 0 bridgehead atoms. The first kappa shape index (κ1) is 12.7. The second kappa shape index (κ2) is 5.63. The summed E-state index contributed by atoms with van der Waals surface area (Å²) in [4.78, 5) is 14.2. The van der Waals surface area contributed by atoms with Crippen LogP contribution in [-0.4, -0.2) is 31.4 Å². The van der Waals surface area contributed by atoms with Gasteiger partial charge in [0.1, 0.15) is 0 Å². The number of likely N-dealkylation sites (N-methyl/N-ethyl adjacent to an activating group) is 1. The highest BCUT2D eigenvalue weighted by Gasteiger charge is 2.10. The molecular weight excluding hydrogens is 276 g/mol. The van der Waals surface area contributed by atoms with Crippen molar-refractivity contribution in [1.82, 2.24) is 10.2 Å². The molecule has 0 fully saturated rings. The Kier molecular flexibility index (Phi) is 4.76. The van der Waals surface area contributed by atoms with Gasteiger partial charge in [0.05, 0.1) is 6.54 Å². The summed E-state index contributed by atoms with van der Waals surface area (Å²) >= 11 is 5.09. The zero-order valence-corrected chi connectivity index (χ0v) is 11.5. The summed E-state index contributed by atoms with van der Waals surface area (Å²) in [7, 11) is 3.52. The second-order valence-electron chi connectivity index (χ2n) is 3.56. The average molecular weight is 291 g/mol. The van der Waals surface area contributed by atoms with Gasteiger partial charge in [-0.1, -0.05) is 0 Å². The van der Waals surface area contributed by atoms with Gasteiger partial charge in [-0.25, -0.2) is 0 Å². The molecule has 15 heavy (non-hydrogen) atoms. The molecule has 0 spiro atoms. The predicted molar refractivity (Wildman–Crippen MR) is 67.1 cm³/mol. The van der Waals surface area contributed by atoms with E-state index < -0.39 is 0 Å². The van der Waals surface area contributed by atoms with Crippen molar-refractivity contribution in [2.75, 3.05) is 20.6 Å². The topological polar surface area (TPSA) is 32.3 Å². The number of hydrogen-bond acceptors (Lipinski definition) is 3. The summed E-state index contributed by atoms with van der Waals surface area (Å²) in [6.45, 7) is 2.44. The standard InChI is InChI=1S/C10H15BrN2OS/c1-7(9-4-8(11)6-15-9)12-5-10(14)13(2)3/h4,6-7,12H,5H2,1-3H3. The summed E-state index contributed by atoms with van der Waals surface area (Å²) < 4.78 is 1.09. The molecule has 0 aliphatic heterocycles. The fourth-order valence-electron chi connectivity index (χ4n) is 1.05. The molecule has 1 heterocycles. The van der Waals surface area contributed by atoms with E-state index in [1.54, 1.807) is 30.3 Å². The zero-order valence-electron chi connectivity index (χ0n) is 9.08. The van der Waals surface area contributed by atoms with Crippen LogP contribution in [0.5, 0.6) is 0 Å². The molecule has 1 aromatic heterocycles. The summed E-state index contributed by atoms with van der Waals surface area (Å²) in [6, 6.07) is 2.29. The zero-order chi connectivity index (χ0) is 11.4. The SMILES string of the molecule is CC(NCC(=O)N(C)C)c1cc(Br)cs1. The molecule has 0 aliphatic carbocycles. The quantitative estimate of drug-likeness (QED) is 0.923. The Bertz CT molecular complexity index is 338. The van der Waals surface area contributed by atoms with Crippen LogP contribution >= 0.6 is 27.3 Å². The first-order chi connectivity index (χ1) is 7.00. The molecule has 1 amide bonds. The van der Waals surface area contributed by atoms with Crippen LogP contribution in [0.15, 0.2) is 15.9 Å². The number of hydrogen-bond donors (Lipinski definition) is 1. The summed E-state index contributed by atoms with van der Waals surface area (Å²) in [6.07, 6.45) is 0. The lowest BCUT2D eigenvalue weighted by molar-refractivity contribution is -0.127. The summed E-state index contributed by atoms with van der Waals surface area (Å²) in [5.74, 6) is 0.0949. The fourth-order valence-corrected chi connectivity index (χ4v) is 2.53. The number of carbonyl (C=O) groups excluding carboxylic acids is 1. The molecule has 0 radical (unpaired) electrons. The van der Waals surface area contributed by atoms with Crippen molar-refractivity contribution in [3.8, 4) is 0 Å². The third kappa shape index (κ3) is 3.93. The first-order valence-electron chi connectivity index (χ1n) is 4.68. The van der Waals surface area contributed by atoms with E-state index in [9.17, 15) is 4.79 Å². The van der Waals surface area contributed by atoms with Crippen LogP contribution in [0, 0.1) is 0 Å². The third-order valence-electron chi connectivity index (χ3n) is 2.07. The van der Waals surface area contributed by atoms with Gasteiger partial charge in [0.25, 0.3) is 0 Å². The van der Waals surface area contributed by atoms with Gasteiger partial charge in [0.15, 0.2) is 0 Å². The molecular formula is C10H15BrN2OS. The molecule has 1 rings (SSSR count). The van der Waals surface area contributed by atoms with Gasteiger partial charge in [-0.15, -0.1) is 11.3 Å². The van der Waals surface area contributed by atoms with E-state index in [0.717, 1.165) is 4.47 Å². The van der Waals surface area contributed by atoms with E-state index in [1.165, 1.54) is 4.88 Å². The van der Waals surface area contributed by atoms with E-state index in [0.29, 0.717) is 6.54 Å². The predicted octanol–water partition coefficient (Wildman–Crippen LogP) is 2.25. The molecule has 1 atom stereocenters. The van der Waals surface area contributed by atoms with Gasteiger partial charge in [-0.3, -0.25) is 4.79 Å². The maximum Gasteiger partial charge on any atom is 0.236 e. The molecule has 0 saturated carbocycles. The van der Waals surface area contributed by atoms with Gasteiger partial charge >= 0.3 is 0 Å². The van der Waals surface area contributed by atoms with Crippen LogP contribution in [0.4, 0.5) is 0 Å². The molecule has 1 N–H and O–H groups in total. The molecule has 5 heteroatoms. The highest BCUT2D eigenvalue weighted by molar-refractivity contribution is 9.10. The molecule has 0 aromatic carbocycles. The molecule has 1 unspecified atom stereocenters. The second-order valence-corrected chi connectivity index (χ2v) is 5.42. The molecule has 0 aliphatic rings. The molecule has 3 nitrogen and oxygen atoms in total. The van der Waals surface area contributed by atoms with Crippen molar-refractivity contribution in [1.29, 1.82) is 0 Å². The maximum atomic E-state index is 11.3. The average Bonchev–Trinajstić information content (AvgIpc) is 2.60. The van der Waals surface area contributed by atoms with Gasteiger partial charge in [-0.2, -0.15) is 0 Å². The van der Waals surface area contributed by atoms with Crippen LogP contribution in [0.3, 0.4) is 0 Å². The van der Waals surface area contributed by atoms with Crippen molar-refractivity contribution in [3.05, 3.63) is 20.8 Å². The minimum absolute atomic E-state index is 0.0949. The number of carbonyl (C=O) groups is 1. The third-order valence-corrected chi connectivity index (χ3v) is 3.95. The van der Waals surface area contributed by atoms with Crippen molar-refractivity contribution in [2.24, 2.45) is 0 Å². The number of rotatable bonds is 4. The van der Waals surface area contributed by atoms with Crippen LogP contribution in [0.2, 0.25) is 0 Å². The lowest BCUT2D eigenvalue weighted by atomic mass is 10.3.